The van der Waals surface area contributed by atoms with Crippen molar-refractivity contribution in [1.82, 2.24) is 20.1 Å². The van der Waals surface area contributed by atoms with Crippen LogP contribution in [0.2, 0.25) is 0 Å². The Labute approximate surface area is 175 Å². The molecule has 0 spiro atoms. The Morgan fingerprint density at radius 3 is 2.60 bits per heavy atom. The lowest BCUT2D eigenvalue weighted by Crippen LogP contribution is -2.47. The molecule has 0 radical (unpaired) electrons. The van der Waals surface area contributed by atoms with Gasteiger partial charge < -0.3 is 27.0 Å². The minimum Gasteiger partial charge on any atom is -0.364 e. The van der Waals surface area contributed by atoms with Crippen molar-refractivity contribution in [3.05, 3.63) is 35.5 Å². The Bertz CT molecular complexity index is 900. The summed E-state index contributed by atoms with van der Waals surface area (Å²) in [6.45, 7) is 5.42. The smallest absolute Gasteiger partial charge is 0.273 e. The molecule has 2 amide bonds. The topological polar surface area (TPSA) is 152 Å². The van der Waals surface area contributed by atoms with E-state index in [9.17, 15) is 9.59 Å². The average Bonchev–Trinajstić information content (AvgIpc) is 2.73. The number of piperidine rings is 1. The summed E-state index contributed by atoms with van der Waals surface area (Å²) in [6, 6.07) is 7.80. The molecule has 1 aliphatic rings. The zero-order valence-electron chi connectivity index (χ0n) is 17.3. The Kier molecular flexibility index (Phi) is 6.78. The van der Waals surface area contributed by atoms with Crippen LogP contribution >= 0.6 is 0 Å². The zero-order chi connectivity index (χ0) is 21.7. The number of amides is 2. The van der Waals surface area contributed by atoms with Crippen molar-refractivity contribution in [3.63, 3.8) is 0 Å². The van der Waals surface area contributed by atoms with E-state index in [2.05, 4.69) is 39.7 Å². The Morgan fingerprint density at radius 2 is 1.97 bits per heavy atom. The molecule has 160 valence electrons. The van der Waals surface area contributed by atoms with Gasteiger partial charge in [-0.05, 0) is 36.5 Å². The highest BCUT2D eigenvalue weighted by molar-refractivity contribution is 5.96. The molecule has 2 heterocycles. The normalized spacial score (nSPS) is 16.4. The summed E-state index contributed by atoms with van der Waals surface area (Å²) in [6.07, 6.45) is 1.71. The van der Waals surface area contributed by atoms with Crippen LogP contribution in [0.15, 0.2) is 24.3 Å². The largest absolute Gasteiger partial charge is 0.364 e. The molecule has 1 aromatic carbocycles. The SMILES string of the molecule is CC(C)c1ccc(Nc2nc(N[C@H]3CCCN(C(=O)CN)C3)nnc2C(N)=O)cc1. The fourth-order valence-corrected chi connectivity index (χ4v) is 3.36. The van der Waals surface area contributed by atoms with Gasteiger partial charge in [0.25, 0.3) is 5.91 Å². The third kappa shape index (κ3) is 5.20. The number of anilines is 3. The first kappa shape index (κ1) is 21.4. The summed E-state index contributed by atoms with van der Waals surface area (Å²) in [5.74, 6) is 0.0892. The number of benzene rings is 1. The molecular weight excluding hydrogens is 384 g/mol. The van der Waals surface area contributed by atoms with E-state index in [1.165, 1.54) is 5.56 Å². The summed E-state index contributed by atoms with van der Waals surface area (Å²) < 4.78 is 0. The van der Waals surface area contributed by atoms with Gasteiger partial charge in [-0.2, -0.15) is 4.98 Å². The van der Waals surface area contributed by atoms with Crippen molar-refractivity contribution in [1.29, 1.82) is 0 Å². The average molecular weight is 412 g/mol. The molecule has 1 aromatic heterocycles. The predicted octanol–water partition coefficient (Wildman–Crippen LogP) is 1.20. The van der Waals surface area contributed by atoms with Gasteiger partial charge in [-0.1, -0.05) is 26.0 Å². The van der Waals surface area contributed by atoms with Gasteiger partial charge in [0.1, 0.15) is 0 Å². The van der Waals surface area contributed by atoms with Crippen molar-refractivity contribution >= 4 is 29.3 Å². The van der Waals surface area contributed by atoms with Crippen LogP contribution in [0.3, 0.4) is 0 Å². The van der Waals surface area contributed by atoms with E-state index in [1.807, 2.05) is 24.3 Å². The number of hydrogen-bond acceptors (Lipinski definition) is 8. The predicted molar refractivity (Wildman–Crippen MR) is 114 cm³/mol. The van der Waals surface area contributed by atoms with Crippen molar-refractivity contribution < 1.29 is 9.59 Å². The standard InChI is InChI=1S/C20H28N8O2/c1-12(2)13-5-7-14(8-6-13)23-19-17(18(22)30)26-27-20(25-19)24-15-4-3-9-28(11-15)16(29)10-21/h5-8,12,15H,3-4,9-11,21H2,1-2H3,(H2,22,30)(H2,23,24,25,27)/t15-/m0/s1. The van der Waals surface area contributed by atoms with Crippen LogP contribution in [-0.2, 0) is 4.79 Å². The molecule has 1 atom stereocenters. The highest BCUT2D eigenvalue weighted by Crippen LogP contribution is 2.22. The fourth-order valence-electron chi connectivity index (χ4n) is 3.36. The molecule has 10 heteroatoms. The van der Waals surface area contributed by atoms with Crippen LogP contribution in [0.25, 0.3) is 0 Å². The van der Waals surface area contributed by atoms with E-state index in [4.69, 9.17) is 11.5 Å². The minimum atomic E-state index is -0.722. The van der Waals surface area contributed by atoms with Crippen molar-refractivity contribution in [2.24, 2.45) is 11.5 Å². The van der Waals surface area contributed by atoms with Gasteiger partial charge in [-0.25, -0.2) is 0 Å². The summed E-state index contributed by atoms with van der Waals surface area (Å²) in [7, 11) is 0. The van der Waals surface area contributed by atoms with E-state index < -0.39 is 5.91 Å². The Balaban J connectivity index is 1.77. The molecule has 0 unspecified atom stereocenters. The number of nitrogens with zero attached hydrogens (tertiary/aromatic N) is 4. The number of primary amides is 1. The number of carbonyl (C=O) groups excluding carboxylic acids is 2. The van der Waals surface area contributed by atoms with Gasteiger partial charge in [0.15, 0.2) is 11.5 Å². The van der Waals surface area contributed by atoms with Gasteiger partial charge in [0.2, 0.25) is 11.9 Å². The molecule has 1 fully saturated rings. The number of carbonyl (C=O) groups is 2. The minimum absolute atomic E-state index is 0.0122. The first-order chi connectivity index (χ1) is 14.4. The molecule has 3 rings (SSSR count). The summed E-state index contributed by atoms with van der Waals surface area (Å²) in [5, 5.41) is 14.2. The maximum atomic E-state index is 11.9. The molecule has 1 aliphatic heterocycles. The molecule has 1 saturated heterocycles. The second-order valence-corrected chi connectivity index (χ2v) is 7.63. The molecule has 30 heavy (non-hydrogen) atoms. The van der Waals surface area contributed by atoms with Crippen molar-refractivity contribution in [3.8, 4) is 0 Å². The van der Waals surface area contributed by atoms with Crippen LogP contribution in [0.1, 0.15) is 48.7 Å². The number of likely N-dealkylation sites (tertiary alicyclic amines) is 1. The van der Waals surface area contributed by atoms with Gasteiger partial charge in [-0.3, -0.25) is 9.59 Å². The highest BCUT2D eigenvalue weighted by Gasteiger charge is 2.24. The maximum absolute atomic E-state index is 11.9. The number of nitrogens with two attached hydrogens (primary N) is 2. The van der Waals surface area contributed by atoms with Crippen molar-refractivity contribution in [2.75, 3.05) is 30.3 Å². The van der Waals surface area contributed by atoms with Gasteiger partial charge in [0, 0.05) is 24.8 Å². The van der Waals surface area contributed by atoms with Gasteiger partial charge >= 0.3 is 0 Å². The van der Waals surface area contributed by atoms with E-state index in [0.717, 1.165) is 18.5 Å². The monoisotopic (exact) mass is 412 g/mol. The van der Waals surface area contributed by atoms with Gasteiger partial charge in [0.05, 0.1) is 6.54 Å². The van der Waals surface area contributed by atoms with Crippen LogP contribution in [0, 0.1) is 0 Å². The molecule has 0 aliphatic carbocycles. The van der Waals surface area contributed by atoms with E-state index in [1.54, 1.807) is 4.90 Å². The summed E-state index contributed by atoms with van der Waals surface area (Å²) in [4.78, 5) is 29.8. The fraction of sp³-hybridized carbons (Fsp3) is 0.450. The molecule has 6 N–H and O–H groups in total. The summed E-state index contributed by atoms with van der Waals surface area (Å²) in [5.41, 5.74) is 12.8. The number of nitrogens with one attached hydrogen (secondary N) is 2. The number of hydrogen-bond donors (Lipinski definition) is 4. The van der Waals surface area contributed by atoms with E-state index in [-0.39, 0.29) is 36.0 Å². The van der Waals surface area contributed by atoms with E-state index in [0.29, 0.717) is 19.0 Å². The molecule has 10 nitrogen and oxygen atoms in total. The summed E-state index contributed by atoms with van der Waals surface area (Å²) >= 11 is 0. The number of rotatable bonds is 7. The maximum Gasteiger partial charge on any atom is 0.273 e. The molecule has 0 saturated carbocycles. The Morgan fingerprint density at radius 1 is 1.23 bits per heavy atom. The molecule has 2 aromatic rings. The quantitative estimate of drug-likeness (QED) is 0.529. The lowest BCUT2D eigenvalue weighted by molar-refractivity contribution is -0.130. The Hall–Kier alpha value is -3.27. The lowest BCUT2D eigenvalue weighted by atomic mass is 10.0. The van der Waals surface area contributed by atoms with E-state index >= 15 is 0 Å². The molecular formula is C20H28N8O2. The molecule has 0 bridgehead atoms. The van der Waals surface area contributed by atoms with Crippen LogP contribution < -0.4 is 22.1 Å². The van der Waals surface area contributed by atoms with Crippen molar-refractivity contribution in [2.45, 2.75) is 38.6 Å². The third-order valence-electron chi connectivity index (χ3n) is 5.04. The van der Waals surface area contributed by atoms with Crippen LogP contribution in [0.4, 0.5) is 17.5 Å². The van der Waals surface area contributed by atoms with Gasteiger partial charge in [-0.15, -0.1) is 10.2 Å². The number of aromatic nitrogens is 3. The first-order valence-electron chi connectivity index (χ1n) is 10.0. The first-order valence-corrected chi connectivity index (χ1v) is 10.0. The zero-order valence-corrected chi connectivity index (χ0v) is 17.3. The second kappa shape index (κ2) is 9.49. The second-order valence-electron chi connectivity index (χ2n) is 7.63. The van der Waals surface area contributed by atoms with Crippen LogP contribution in [-0.4, -0.2) is 57.6 Å². The van der Waals surface area contributed by atoms with Crippen LogP contribution in [0.5, 0.6) is 0 Å². The lowest BCUT2D eigenvalue weighted by Gasteiger charge is -2.32. The highest BCUT2D eigenvalue weighted by atomic mass is 16.2. The third-order valence-corrected chi connectivity index (χ3v) is 5.04.